The van der Waals surface area contributed by atoms with Crippen molar-refractivity contribution >= 4 is 17.0 Å². The Balaban J connectivity index is 2.06. The van der Waals surface area contributed by atoms with Gasteiger partial charge in [0.15, 0.2) is 0 Å². The van der Waals surface area contributed by atoms with E-state index in [9.17, 15) is 4.79 Å². The molecule has 0 fully saturated rings. The van der Waals surface area contributed by atoms with Crippen molar-refractivity contribution < 1.29 is 9.90 Å². The third-order valence-electron chi connectivity index (χ3n) is 3.42. The van der Waals surface area contributed by atoms with Gasteiger partial charge in [-0.05, 0) is 24.6 Å². The predicted octanol–water partition coefficient (Wildman–Crippen LogP) is 3.42. The summed E-state index contributed by atoms with van der Waals surface area (Å²) in [5.74, 6) is -0.559. The Morgan fingerprint density at radius 1 is 1.20 bits per heavy atom. The molecule has 2 N–H and O–H groups in total. The number of hydrogen-bond donors (Lipinski definition) is 2. The zero-order chi connectivity index (χ0) is 14.1. The maximum atomic E-state index is 11.0. The van der Waals surface area contributed by atoms with Gasteiger partial charge in [0.25, 0.3) is 0 Å². The van der Waals surface area contributed by atoms with Crippen LogP contribution >= 0.6 is 0 Å². The second-order valence-corrected chi connectivity index (χ2v) is 4.79. The van der Waals surface area contributed by atoms with Gasteiger partial charge >= 0.3 is 5.97 Å². The Labute approximate surface area is 116 Å². The number of nitrogens with one attached hydrogen (secondary N) is 1. The van der Waals surface area contributed by atoms with Gasteiger partial charge in [0, 0.05) is 5.56 Å². The van der Waals surface area contributed by atoms with E-state index in [0.29, 0.717) is 0 Å². The molecule has 1 atom stereocenters. The van der Waals surface area contributed by atoms with Gasteiger partial charge in [0.1, 0.15) is 5.82 Å². The molecule has 0 radical (unpaired) electrons. The van der Waals surface area contributed by atoms with Gasteiger partial charge in [-0.3, -0.25) is 4.79 Å². The van der Waals surface area contributed by atoms with Gasteiger partial charge in [-0.2, -0.15) is 0 Å². The molecule has 1 aromatic heterocycles. The number of rotatable bonds is 3. The molecule has 20 heavy (non-hydrogen) atoms. The third kappa shape index (κ3) is 2.16. The Hall–Kier alpha value is -2.62. The van der Waals surface area contributed by atoms with Gasteiger partial charge in [-0.25, -0.2) is 4.98 Å². The van der Waals surface area contributed by atoms with Crippen molar-refractivity contribution in [2.75, 3.05) is 0 Å². The first-order valence-electron chi connectivity index (χ1n) is 6.43. The highest BCUT2D eigenvalue weighted by Gasteiger charge is 2.15. The molecule has 100 valence electrons. The van der Waals surface area contributed by atoms with Crippen LogP contribution in [0.4, 0.5) is 0 Å². The molecule has 2 aromatic carbocycles. The summed E-state index contributed by atoms with van der Waals surface area (Å²) in [5, 5.41) is 9.06. The number of imidazole rings is 1. The molecule has 0 bridgehead atoms. The van der Waals surface area contributed by atoms with E-state index in [0.717, 1.165) is 28.0 Å². The molecule has 0 aliphatic rings. The summed E-state index contributed by atoms with van der Waals surface area (Å²) < 4.78 is 0. The Morgan fingerprint density at radius 2 is 1.95 bits per heavy atom. The van der Waals surface area contributed by atoms with Crippen molar-refractivity contribution in [3.8, 4) is 11.4 Å². The largest absolute Gasteiger partial charge is 0.481 e. The molecular formula is C16H14N2O2. The molecule has 3 aromatic rings. The molecule has 4 nitrogen and oxygen atoms in total. The van der Waals surface area contributed by atoms with E-state index in [1.54, 1.807) is 6.92 Å². The van der Waals surface area contributed by atoms with E-state index in [2.05, 4.69) is 9.97 Å². The third-order valence-corrected chi connectivity index (χ3v) is 3.42. The Bertz CT molecular complexity index is 763. The first-order valence-corrected chi connectivity index (χ1v) is 6.43. The second-order valence-electron chi connectivity index (χ2n) is 4.79. The topological polar surface area (TPSA) is 66.0 Å². The van der Waals surface area contributed by atoms with Crippen LogP contribution in [0, 0.1) is 0 Å². The van der Waals surface area contributed by atoms with Crippen molar-refractivity contribution in [2.45, 2.75) is 12.8 Å². The van der Waals surface area contributed by atoms with Crippen LogP contribution in [-0.4, -0.2) is 21.0 Å². The summed E-state index contributed by atoms with van der Waals surface area (Å²) in [6, 6.07) is 15.4. The molecule has 3 rings (SSSR count). The molecule has 0 saturated heterocycles. The van der Waals surface area contributed by atoms with Crippen LogP contribution in [0.15, 0.2) is 48.5 Å². The van der Waals surface area contributed by atoms with Crippen LogP contribution in [0.3, 0.4) is 0 Å². The summed E-state index contributed by atoms with van der Waals surface area (Å²) in [4.78, 5) is 18.8. The van der Waals surface area contributed by atoms with Crippen LogP contribution in [0.5, 0.6) is 0 Å². The lowest BCUT2D eigenvalue weighted by molar-refractivity contribution is -0.138. The number of carboxylic acid groups (broad SMARTS) is 1. The normalized spacial score (nSPS) is 12.4. The van der Waals surface area contributed by atoms with E-state index in [1.807, 2.05) is 48.5 Å². The van der Waals surface area contributed by atoms with Gasteiger partial charge in [-0.1, -0.05) is 36.4 Å². The van der Waals surface area contributed by atoms with Crippen molar-refractivity contribution in [1.82, 2.24) is 9.97 Å². The lowest BCUT2D eigenvalue weighted by Gasteiger charge is -2.05. The summed E-state index contributed by atoms with van der Waals surface area (Å²) in [7, 11) is 0. The minimum atomic E-state index is -0.827. The van der Waals surface area contributed by atoms with Crippen molar-refractivity contribution in [1.29, 1.82) is 0 Å². The predicted molar refractivity (Wildman–Crippen MR) is 77.6 cm³/mol. The van der Waals surface area contributed by atoms with E-state index < -0.39 is 11.9 Å². The average molecular weight is 266 g/mol. The quantitative estimate of drug-likeness (QED) is 0.763. The van der Waals surface area contributed by atoms with Crippen LogP contribution in [0.2, 0.25) is 0 Å². The fraction of sp³-hybridized carbons (Fsp3) is 0.125. The molecule has 1 heterocycles. The average Bonchev–Trinajstić information content (AvgIpc) is 2.90. The summed E-state index contributed by atoms with van der Waals surface area (Å²) in [6.45, 7) is 1.68. The van der Waals surface area contributed by atoms with Crippen molar-refractivity contribution in [2.24, 2.45) is 0 Å². The molecule has 4 heteroatoms. The van der Waals surface area contributed by atoms with Gasteiger partial charge in [-0.15, -0.1) is 0 Å². The highest BCUT2D eigenvalue weighted by Crippen LogP contribution is 2.24. The number of benzene rings is 2. The van der Waals surface area contributed by atoms with E-state index in [-0.39, 0.29) is 0 Å². The number of aliphatic carboxylic acids is 1. The number of hydrogen-bond acceptors (Lipinski definition) is 2. The highest BCUT2D eigenvalue weighted by atomic mass is 16.4. The fourth-order valence-electron chi connectivity index (χ4n) is 2.17. The molecule has 0 aliphatic carbocycles. The van der Waals surface area contributed by atoms with Gasteiger partial charge in [0.05, 0.1) is 17.0 Å². The Morgan fingerprint density at radius 3 is 2.65 bits per heavy atom. The van der Waals surface area contributed by atoms with E-state index in [1.165, 1.54) is 0 Å². The second kappa shape index (κ2) is 4.81. The van der Waals surface area contributed by atoms with Crippen LogP contribution in [0.1, 0.15) is 18.4 Å². The Kier molecular flexibility index (Phi) is 2.99. The monoisotopic (exact) mass is 266 g/mol. The zero-order valence-corrected chi connectivity index (χ0v) is 11.0. The zero-order valence-electron chi connectivity index (χ0n) is 11.0. The fourth-order valence-corrected chi connectivity index (χ4v) is 2.17. The molecule has 0 spiro atoms. The number of fused-ring (bicyclic) bond motifs is 1. The minimum Gasteiger partial charge on any atom is -0.481 e. The van der Waals surface area contributed by atoms with Crippen LogP contribution in [0.25, 0.3) is 22.4 Å². The van der Waals surface area contributed by atoms with Crippen molar-refractivity contribution in [3.63, 3.8) is 0 Å². The summed E-state index contributed by atoms with van der Waals surface area (Å²) in [5.41, 5.74) is 3.48. The number of carbonyl (C=O) groups is 1. The first kappa shape index (κ1) is 12.4. The number of nitrogens with zero attached hydrogens (tertiary/aromatic N) is 1. The van der Waals surface area contributed by atoms with Gasteiger partial charge < -0.3 is 10.1 Å². The summed E-state index contributed by atoms with van der Waals surface area (Å²) >= 11 is 0. The number of carboxylic acids is 1. The number of aromatic nitrogens is 2. The standard InChI is InChI=1S/C16H14N2O2/c1-10(16(19)20)12-7-8-13-14(9-12)18-15(17-13)11-5-3-2-4-6-11/h2-10H,1H3,(H,17,18)(H,19,20)/t10-/m0/s1. The molecule has 0 amide bonds. The van der Waals surface area contributed by atoms with Gasteiger partial charge in [0.2, 0.25) is 0 Å². The van der Waals surface area contributed by atoms with Crippen LogP contribution in [-0.2, 0) is 4.79 Å². The highest BCUT2D eigenvalue weighted by molar-refractivity contribution is 5.83. The smallest absolute Gasteiger partial charge is 0.310 e. The maximum absolute atomic E-state index is 11.0. The number of aromatic amines is 1. The minimum absolute atomic E-state index is 0.525. The van der Waals surface area contributed by atoms with Crippen molar-refractivity contribution in [3.05, 3.63) is 54.1 Å². The SMILES string of the molecule is C[C@H](C(=O)O)c1ccc2nc(-c3ccccc3)[nH]c2c1. The lowest BCUT2D eigenvalue weighted by atomic mass is 10.0. The molecule has 0 aliphatic heterocycles. The summed E-state index contributed by atoms with van der Waals surface area (Å²) in [6.07, 6.45) is 0. The molecular weight excluding hydrogens is 252 g/mol. The molecule has 0 unspecified atom stereocenters. The van der Waals surface area contributed by atoms with E-state index in [4.69, 9.17) is 5.11 Å². The lowest BCUT2D eigenvalue weighted by Crippen LogP contribution is -2.06. The maximum Gasteiger partial charge on any atom is 0.310 e. The van der Waals surface area contributed by atoms with E-state index >= 15 is 0 Å². The van der Waals surface area contributed by atoms with Crippen LogP contribution < -0.4 is 0 Å². The molecule has 0 saturated carbocycles. The number of H-pyrrole nitrogens is 1. The first-order chi connectivity index (χ1) is 9.65.